The number of halogens is 3. The van der Waals surface area contributed by atoms with Gasteiger partial charge in [-0.1, -0.05) is 0 Å². The van der Waals surface area contributed by atoms with Crippen LogP contribution in [0.4, 0.5) is 13.2 Å². The monoisotopic (exact) mass is 399 g/mol. The van der Waals surface area contributed by atoms with Crippen LogP contribution in [0.25, 0.3) is 0 Å². The Morgan fingerprint density at radius 3 is 2.32 bits per heavy atom. The van der Waals surface area contributed by atoms with E-state index in [1.54, 1.807) is 11.8 Å². The van der Waals surface area contributed by atoms with Crippen molar-refractivity contribution in [3.8, 4) is 0 Å². The van der Waals surface area contributed by atoms with Gasteiger partial charge in [0.05, 0.1) is 29.3 Å². The van der Waals surface area contributed by atoms with E-state index in [1.165, 1.54) is 0 Å². The van der Waals surface area contributed by atoms with Gasteiger partial charge in [0.15, 0.2) is 0 Å². The third-order valence-electron chi connectivity index (χ3n) is 3.98. The van der Waals surface area contributed by atoms with Gasteiger partial charge in [0.2, 0.25) is 10.0 Å². The first-order chi connectivity index (χ1) is 11.7. The van der Waals surface area contributed by atoms with Gasteiger partial charge >= 0.3 is 6.18 Å². The highest BCUT2D eigenvalue weighted by atomic mass is 32.2. The summed E-state index contributed by atoms with van der Waals surface area (Å²) in [5, 5.41) is 8.95. The Morgan fingerprint density at radius 2 is 1.80 bits per heavy atom. The number of aliphatic hydroxyl groups is 1. The highest BCUT2D eigenvalue weighted by Crippen LogP contribution is 2.31. The quantitative estimate of drug-likeness (QED) is 0.736. The van der Waals surface area contributed by atoms with E-state index in [1.807, 2.05) is 0 Å². The van der Waals surface area contributed by atoms with Crippen molar-refractivity contribution < 1.29 is 31.4 Å². The molecule has 0 radical (unpaired) electrons. The molecular weight excluding hydrogens is 379 g/mol. The molecule has 0 bridgehead atoms. The van der Waals surface area contributed by atoms with Crippen LogP contribution in [0.1, 0.15) is 18.4 Å². The summed E-state index contributed by atoms with van der Waals surface area (Å²) < 4.78 is 70.5. The minimum atomic E-state index is -4.52. The lowest BCUT2D eigenvalue weighted by Gasteiger charge is -2.37. The Kier molecular flexibility index (Phi) is 6.77. The molecule has 1 aliphatic rings. The van der Waals surface area contributed by atoms with E-state index in [0.717, 1.165) is 35.8 Å². The summed E-state index contributed by atoms with van der Waals surface area (Å²) in [4.78, 5) is -0.233. The molecule has 0 spiro atoms. The predicted octanol–water partition coefficient (Wildman–Crippen LogP) is 2.26. The van der Waals surface area contributed by atoms with E-state index in [4.69, 9.17) is 9.84 Å². The Hall–Kier alpha value is -0.810. The van der Waals surface area contributed by atoms with E-state index in [2.05, 4.69) is 4.72 Å². The fourth-order valence-corrected chi connectivity index (χ4v) is 4.86. The second-order valence-corrected chi connectivity index (χ2v) is 8.71. The van der Waals surface area contributed by atoms with Gasteiger partial charge in [-0.2, -0.15) is 24.9 Å². The smallest absolute Gasteiger partial charge is 0.394 e. The molecule has 1 saturated heterocycles. The van der Waals surface area contributed by atoms with Gasteiger partial charge in [0.25, 0.3) is 0 Å². The lowest BCUT2D eigenvalue weighted by molar-refractivity contribution is -0.137. The molecule has 2 N–H and O–H groups in total. The molecule has 142 valence electrons. The van der Waals surface area contributed by atoms with E-state index < -0.39 is 27.4 Å². The maximum absolute atomic E-state index is 12.6. The summed E-state index contributed by atoms with van der Waals surface area (Å²) in [6.07, 6.45) is -3.25. The number of hydrogen-bond donors (Lipinski definition) is 2. The second kappa shape index (κ2) is 8.26. The first kappa shape index (κ1) is 20.5. The van der Waals surface area contributed by atoms with Crippen molar-refractivity contribution >= 4 is 21.8 Å². The largest absolute Gasteiger partial charge is 0.416 e. The maximum atomic E-state index is 12.6. The van der Waals surface area contributed by atoms with Crippen molar-refractivity contribution in [1.82, 2.24) is 4.72 Å². The fourth-order valence-electron chi connectivity index (χ4n) is 2.51. The van der Waals surface area contributed by atoms with Crippen molar-refractivity contribution in [1.29, 1.82) is 0 Å². The van der Waals surface area contributed by atoms with Gasteiger partial charge in [0.1, 0.15) is 0 Å². The Balaban J connectivity index is 2.09. The number of rotatable bonds is 7. The normalized spacial score (nSPS) is 18.2. The van der Waals surface area contributed by atoms with Gasteiger partial charge in [-0.25, -0.2) is 13.1 Å². The van der Waals surface area contributed by atoms with Crippen molar-refractivity contribution in [2.75, 3.05) is 31.3 Å². The molecule has 1 heterocycles. The molecule has 1 aliphatic heterocycles. The third kappa shape index (κ3) is 5.58. The van der Waals surface area contributed by atoms with Gasteiger partial charge in [-0.15, -0.1) is 0 Å². The van der Waals surface area contributed by atoms with Crippen LogP contribution in [0.2, 0.25) is 0 Å². The maximum Gasteiger partial charge on any atom is 0.416 e. The summed E-state index contributed by atoms with van der Waals surface area (Å²) in [6.45, 7) is -0.0515. The zero-order chi connectivity index (χ0) is 18.6. The van der Waals surface area contributed by atoms with Gasteiger partial charge in [-0.05, 0) is 48.6 Å². The third-order valence-corrected chi connectivity index (χ3v) is 6.38. The molecule has 25 heavy (non-hydrogen) atoms. The molecule has 1 aromatic rings. The molecule has 0 atom stereocenters. The summed E-state index contributed by atoms with van der Waals surface area (Å²) in [5.41, 5.74) is -1.61. The van der Waals surface area contributed by atoms with Crippen LogP contribution in [-0.2, 0) is 20.9 Å². The zero-order valence-corrected chi connectivity index (χ0v) is 15.0. The molecule has 0 saturated carbocycles. The first-order valence-electron chi connectivity index (χ1n) is 7.68. The Labute approximate surface area is 149 Å². The average Bonchev–Trinajstić information content (AvgIpc) is 2.59. The fraction of sp³-hybridized carbons (Fsp3) is 0.600. The van der Waals surface area contributed by atoms with Crippen molar-refractivity contribution in [3.05, 3.63) is 29.8 Å². The molecule has 2 rings (SSSR count). The minimum Gasteiger partial charge on any atom is -0.394 e. The van der Waals surface area contributed by atoms with Crippen LogP contribution in [0, 0.1) is 0 Å². The molecule has 5 nitrogen and oxygen atoms in total. The van der Waals surface area contributed by atoms with Crippen LogP contribution in [0.3, 0.4) is 0 Å². The lowest BCUT2D eigenvalue weighted by Crippen LogP contribution is -2.48. The SMILES string of the molecule is O=S(=O)(NCC1(OCCO)CCSCC1)c1ccc(C(F)(F)F)cc1. The Morgan fingerprint density at radius 1 is 1.20 bits per heavy atom. The molecule has 0 amide bonds. The molecular formula is C15H20F3NO4S2. The second-order valence-electron chi connectivity index (χ2n) is 5.71. The van der Waals surface area contributed by atoms with Crippen molar-refractivity contribution in [3.63, 3.8) is 0 Å². The number of alkyl halides is 3. The first-order valence-corrected chi connectivity index (χ1v) is 10.3. The summed E-state index contributed by atoms with van der Waals surface area (Å²) in [7, 11) is -3.95. The topological polar surface area (TPSA) is 75.6 Å². The zero-order valence-electron chi connectivity index (χ0n) is 13.4. The number of aliphatic hydroxyl groups excluding tert-OH is 1. The highest BCUT2D eigenvalue weighted by molar-refractivity contribution is 7.99. The van der Waals surface area contributed by atoms with Crippen LogP contribution in [0.15, 0.2) is 29.2 Å². The van der Waals surface area contributed by atoms with Crippen molar-refractivity contribution in [2.45, 2.75) is 29.5 Å². The number of thioether (sulfide) groups is 1. The van der Waals surface area contributed by atoms with Crippen LogP contribution in [0.5, 0.6) is 0 Å². The van der Waals surface area contributed by atoms with E-state index in [-0.39, 0.29) is 24.7 Å². The lowest BCUT2D eigenvalue weighted by atomic mass is 9.97. The van der Waals surface area contributed by atoms with Crippen LogP contribution in [-0.4, -0.2) is 50.4 Å². The predicted molar refractivity (Wildman–Crippen MR) is 89.0 cm³/mol. The molecule has 0 aliphatic carbocycles. The van der Waals surface area contributed by atoms with E-state index in [9.17, 15) is 21.6 Å². The van der Waals surface area contributed by atoms with Crippen molar-refractivity contribution in [2.24, 2.45) is 0 Å². The minimum absolute atomic E-state index is 0.0108. The van der Waals surface area contributed by atoms with Crippen LogP contribution >= 0.6 is 11.8 Å². The molecule has 1 fully saturated rings. The summed E-state index contributed by atoms with van der Waals surface area (Å²) in [6, 6.07) is 3.35. The molecule has 0 aromatic heterocycles. The average molecular weight is 399 g/mol. The molecule has 0 unspecified atom stereocenters. The number of benzene rings is 1. The molecule has 10 heteroatoms. The standard InChI is InChI=1S/C15H20F3NO4S2/c16-15(17,18)12-1-3-13(4-2-12)25(21,22)19-11-14(23-8-7-20)5-9-24-10-6-14/h1-4,19-20H,5-11H2. The summed E-state index contributed by atoms with van der Waals surface area (Å²) >= 11 is 1.74. The number of sulfonamides is 1. The van der Waals surface area contributed by atoms with Gasteiger partial charge in [0, 0.05) is 6.54 Å². The Bertz CT molecular complexity index is 656. The van der Waals surface area contributed by atoms with Gasteiger partial charge in [-0.3, -0.25) is 0 Å². The number of hydrogen-bond acceptors (Lipinski definition) is 5. The summed E-state index contributed by atoms with van der Waals surface area (Å²) in [5.74, 6) is 1.63. The number of nitrogens with one attached hydrogen (secondary N) is 1. The van der Waals surface area contributed by atoms with E-state index >= 15 is 0 Å². The number of ether oxygens (including phenoxy) is 1. The highest BCUT2D eigenvalue weighted by Gasteiger charge is 2.35. The van der Waals surface area contributed by atoms with E-state index in [0.29, 0.717) is 12.8 Å². The van der Waals surface area contributed by atoms with Gasteiger partial charge < -0.3 is 9.84 Å². The molecule has 1 aromatic carbocycles. The van der Waals surface area contributed by atoms with Crippen LogP contribution < -0.4 is 4.72 Å².